The zero-order chi connectivity index (χ0) is 9.84. The van der Waals surface area contributed by atoms with E-state index in [2.05, 4.69) is 5.32 Å². The number of aromatic hydroxyl groups is 1. The van der Waals surface area contributed by atoms with E-state index in [4.69, 9.17) is 11.6 Å². The Kier molecular flexibility index (Phi) is 3.58. The van der Waals surface area contributed by atoms with Crippen LogP contribution in [-0.4, -0.2) is 11.7 Å². The number of hydrogen-bond donors (Lipinski definition) is 2. The Morgan fingerprint density at radius 3 is 2.85 bits per heavy atom. The number of halogens is 1. The maximum Gasteiger partial charge on any atom is 0.120 e. The Morgan fingerprint density at radius 1 is 1.54 bits per heavy atom. The third-order valence-electron chi connectivity index (χ3n) is 1.97. The lowest BCUT2D eigenvalue weighted by atomic mass is 10.1. The van der Waals surface area contributed by atoms with Gasteiger partial charge in [0.25, 0.3) is 0 Å². The van der Waals surface area contributed by atoms with Crippen molar-refractivity contribution in [1.29, 1.82) is 0 Å². The molecule has 72 valence electrons. The van der Waals surface area contributed by atoms with Gasteiger partial charge in [0.15, 0.2) is 0 Å². The topological polar surface area (TPSA) is 32.3 Å². The first-order valence-electron chi connectivity index (χ1n) is 4.37. The molecule has 0 saturated carbocycles. The number of hydrogen-bond acceptors (Lipinski definition) is 2. The van der Waals surface area contributed by atoms with Gasteiger partial charge in [0.1, 0.15) is 5.75 Å². The number of nitrogens with one attached hydrogen (secondary N) is 1. The molecule has 0 amide bonds. The Morgan fingerprint density at radius 2 is 2.23 bits per heavy atom. The Balaban J connectivity index is 2.91. The summed E-state index contributed by atoms with van der Waals surface area (Å²) in [6, 6.07) is 5.21. The van der Waals surface area contributed by atoms with Gasteiger partial charge < -0.3 is 10.4 Å². The van der Waals surface area contributed by atoms with Crippen molar-refractivity contribution in [3.05, 3.63) is 28.8 Å². The first-order valence-corrected chi connectivity index (χ1v) is 4.74. The molecule has 1 atom stereocenters. The second-order valence-electron chi connectivity index (χ2n) is 2.98. The lowest BCUT2D eigenvalue weighted by Gasteiger charge is -2.14. The van der Waals surface area contributed by atoms with Crippen LogP contribution in [0.15, 0.2) is 18.2 Å². The van der Waals surface area contributed by atoms with Crippen LogP contribution in [0.2, 0.25) is 5.02 Å². The van der Waals surface area contributed by atoms with E-state index in [-0.39, 0.29) is 11.8 Å². The van der Waals surface area contributed by atoms with Crippen LogP contribution >= 0.6 is 11.6 Å². The van der Waals surface area contributed by atoms with Gasteiger partial charge in [-0.1, -0.05) is 18.5 Å². The first-order chi connectivity index (χ1) is 6.15. The standard InChI is InChI=1S/C10H14ClNO/c1-3-12-7(2)9-6-8(11)4-5-10(9)13/h4-7,12-13H,3H2,1-2H3. The van der Waals surface area contributed by atoms with Crippen molar-refractivity contribution < 1.29 is 5.11 Å². The zero-order valence-corrected chi connectivity index (χ0v) is 8.60. The van der Waals surface area contributed by atoms with Crippen molar-refractivity contribution in [1.82, 2.24) is 5.32 Å². The molecule has 0 fully saturated rings. The minimum absolute atomic E-state index is 0.128. The minimum atomic E-state index is 0.128. The van der Waals surface area contributed by atoms with Gasteiger partial charge in [-0.15, -0.1) is 0 Å². The van der Waals surface area contributed by atoms with E-state index in [9.17, 15) is 5.11 Å². The molecule has 1 unspecified atom stereocenters. The number of phenols is 1. The second kappa shape index (κ2) is 4.49. The van der Waals surface area contributed by atoms with Crippen LogP contribution in [0.5, 0.6) is 5.75 Å². The fourth-order valence-corrected chi connectivity index (χ4v) is 1.47. The maximum atomic E-state index is 9.53. The molecule has 2 nitrogen and oxygen atoms in total. The lowest BCUT2D eigenvalue weighted by Crippen LogP contribution is -2.17. The molecule has 1 rings (SSSR count). The lowest BCUT2D eigenvalue weighted by molar-refractivity contribution is 0.454. The summed E-state index contributed by atoms with van der Waals surface area (Å²) in [4.78, 5) is 0. The van der Waals surface area contributed by atoms with Gasteiger partial charge in [-0.2, -0.15) is 0 Å². The van der Waals surface area contributed by atoms with Crippen LogP contribution in [-0.2, 0) is 0 Å². The molecule has 13 heavy (non-hydrogen) atoms. The Bertz CT molecular complexity index is 288. The van der Waals surface area contributed by atoms with Gasteiger partial charge in [0, 0.05) is 16.6 Å². The van der Waals surface area contributed by atoms with Crippen LogP contribution in [0.4, 0.5) is 0 Å². The van der Waals surface area contributed by atoms with Crippen molar-refractivity contribution >= 4 is 11.6 Å². The summed E-state index contributed by atoms with van der Waals surface area (Å²) in [6.07, 6.45) is 0. The average molecular weight is 200 g/mol. The number of phenolic OH excluding ortho intramolecular Hbond substituents is 1. The maximum absolute atomic E-state index is 9.53. The zero-order valence-electron chi connectivity index (χ0n) is 7.84. The van der Waals surface area contributed by atoms with E-state index in [1.54, 1.807) is 18.2 Å². The molecule has 0 saturated heterocycles. The van der Waals surface area contributed by atoms with Gasteiger partial charge in [0.2, 0.25) is 0 Å². The highest BCUT2D eigenvalue weighted by molar-refractivity contribution is 6.30. The van der Waals surface area contributed by atoms with E-state index >= 15 is 0 Å². The third kappa shape index (κ3) is 2.61. The Labute approximate surface area is 83.5 Å². The highest BCUT2D eigenvalue weighted by Crippen LogP contribution is 2.26. The molecule has 0 spiro atoms. The van der Waals surface area contributed by atoms with E-state index in [0.717, 1.165) is 12.1 Å². The van der Waals surface area contributed by atoms with E-state index in [1.165, 1.54) is 0 Å². The summed E-state index contributed by atoms with van der Waals surface area (Å²) >= 11 is 5.82. The van der Waals surface area contributed by atoms with E-state index < -0.39 is 0 Å². The van der Waals surface area contributed by atoms with Gasteiger partial charge in [-0.05, 0) is 31.7 Å². The highest BCUT2D eigenvalue weighted by Gasteiger charge is 2.08. The normalized spacial score (nSPS) is 12.8. The van der Waals surface area contributed by atoms with Gasteiger partial charge in [-0.3, -0.25) is 0 Å². The van der Waals surface area contributed by atoms with Crippen LogP contribution in [0, 0.1) is 0 Å². The predicted molar refractivity (Wildman–Crippen MR) is 55.2 cm³/mol. The van der Waals surface area contributed by atoms with Crippen molar-refractivity contribution in [3.8, 4) is 5.75 Å². The van der Waals surface area contributed by atoms with Crippen molar-refractivity contribution in [2.24, 2.45) is 0 Å². The molecule has 2 N–H and O–H groups in total. The molecular weight excluding hydrogens is 186 g/mol. The van der Waals surface area contributed by atoms with Crippen LogP contribution in [0.3, 0.4) is 0 Å². The SMILES string of the molecule is CCNC(C)c1cc(Cl)ccc1O. The second-order valence-corrected chi connectivity index (χ2v) is 3.42. The van der Waals surface area contributed by atoms with E-state index in [1.807, 2.05) is 13.8 Å². The van der Waals surface area contributed by atoms with E-state index in [0.29, 0.717) is 5.02 Å². The van der Waals surface area contributed by atoms with Gasteiger partial charge in [-0.25, -0.2) is 0 Å². The molecule has 0 aliphatic heterocycles. The molecular formula is C10H14ClNO. The van der Waals surface area contributed by atoms with Crippen molar-refractivity contribution in [3.63, 3.8) is 0 Å². The third-order valence-corrected chi connectivity index (χ3v) is 2.20. The number of benzene rings is 1. The minimum Gasteiger partial charge on any atom is -0.508 e. The van der Waals surface area contributed by atoms with Gasteiger partial charge in [0.05, 0.1) is 0 Å². The fraction of sp³-hybridized carbons (Fsp3) is 0.400. The summed E-state index contributed by atoms with van der Waals surface area (Å²) in [5.74, 6) is 0.290. The molecule has 0 aliphatic carbocycles. The molecule has 1 aromatic carbocycles. The molecule has 0 aromatic heterocycles. The summed E-state index contributed by atoms with van der Waals surface area (Å²) in [5, 5.41) is 13.4. The monoisotopic (exact) mass is 199 g/mol. The van der Waals surface area contributed by atoms with Crippen LogP contribution < -0.4 is 5.32 Å². The molecule has 0 heterocycles. The summed E-state index contributed by atoms with van der Waals surface area (Å²) in [6.45, 7) is 4.89. The largest absolute Gasteiger partial charge is 0.508 e. The molecule has 1 aromatic rings. The fourth-order valence-electron chi connectivity index (χ4n) is 1.29. The molecule has 3 heteroatoms. The smallest absolute Gasteiger partial charge is 0.120 e. The molecule has 0 bridgehead atoms. The number of rotatable bonds is 3. The van der Waals surface area contributed by atoms with Crippen LogP contribution in [0.25, 0.3) is 0 Å². The summed E-state index contributed by atoms with van der Waals surface area (Å²) in [5.41, 5.74) is 0.842. The molecule has 0 radical (unpaired) electrons. The van der Waals surface area contributed by atoms with Crippen molar-refractivity contribution in [2.45, 2.75) is 19.9 Å². The average Bonchev–Trinajstić information content (AvgIpc) is 2.09. The van der Waals surface area contributed by atoms with Crippen LogP contribution in [0.1, 0.15) is 25.5 Å². The van der Waals surface area contributed by atoms with Gasteiger partial charge >= 0.3 is 0 Å². The highest BCUT2D eigenvalue weighted by atomic mass is 35.5. The van der Waals surface area contributed by atoms with Crippen molar-refractivity contribution in [2.75, 3.05) is 6.54 Å². The quantitative estimate of drug-likeness (QED) is 0.785. The first kappa shape index (κ1) is 10.4. The molecule has 0 aliphatic rings. The summed E-state index contributed by atoms with van der Waals surface area (Å²) < 4.78 is 0. The Hall–Kier alpha value is -0.730. The summed E-state index contributed by atoms with van der Waals surface area (Å²) in [7, 11) is 0. The predicted octanol–water partition coefficient (Wildman–Crippen LogP) is 2.72.